The smallest absolute Gasteiger partial charge is 0.326 e. The summed E-state index contributed by atoms with van der Waals surface area (Å²) in [5, 5.41) is 20.5. The van der Waals surface area contributed by atoms with E-state index >= 15 is 0 Å². The fourth-order valence-electron chi connectivity index (χ4n) is 2.79. The van der Waals surface area contributed by atoms with Crippen LogP contribution in [0.2, 0.25) is 0 Å². The van der Waals surface area contributed by atoms with Crippen LogP contribution in [0, 0.1) is 0 Å². The van der Waals surface area contributed by atoms with Crippen molar-refractivity contribution in [3.8, 4) is 0 Å². The maximum absolute atomic E-state index is 12.6. The third kappa shape index (κ3) is 7.09. The number of carbonyl (C=O) groups is 4. The summed E-state index contributed by atoms with van der Waals surface area (Å²) in [4.78, 5) is 51.9. The minimum Gasteiger partial charge on any atom is -0.481 e. The average Bonchev–Trinajstić information content (AvgIpc) is 3.06. The van der Waals surface area contributed by atoms with E-state index in [0.29, 0.717) is 12.8 Å². The summed E-state index contributed by atoms with van der Waals surface area (Å²) in [6.45, 7) is 0.460. The highest BCUT2D eigenvalue weighted by Crippen LogP contribution is 2.19. The van der Waals surface area contributed by atoms with Crippen molar-refractivity contribution in [2.75, 3.05) is 13.1 Å². The van der Waals surface area contributed by atoms with E-state index in [-0.39, 0.29) is 31.9 Å². The van der Waals surface area contributed by atoms with Gasteiger partial charge in [-0.15, -0.1) is 0 Å². The molecule has 0 bridgehead atoms. The van der Waals surface area contributed by atoms with Gasteiger partial charge in [0.05, 0.1) is 12.5 Å². The van der Waals surface area contributed by atoms with Crippen LogP contribution in [0.5, 0.6) is 0 Å². The van der Waals surface area contributed by atoms with Crippen molar-refractivity contribution >= 4 is 29.7 Å². The normalized spacial score (nSPS) is 18.4. The van der Waals surface area contributed by atoms with E-state index in [1.54, 1.807) is 0 Å². The van der Waals surface area contributed by atoms with E-state index in [4.69, 9.17) is 22.3 Å². The highest BCUT2D eigenvalue weighted by atomic mass is 16.4. The Bertz CT molecular complexity index is 606. The molecular formula is C15H26N6O6. The zero-order valence-corrected chi connectivity index (χ0v) is 14.8. The molecule has 1 rings (SSSR count). The number of hydrogen-bond donors (Lipinski definition) is 6. The highest BCUT2D eigenvalue weighted by Gasteiger charge is 2.38. The summed E-state index contributed by atoms with van der Waals surface area (Å²) >= 11 is 0. The molecule has 12 nitrogen and oxygen atoms in total. The molecule has 0 aromatic heterocycles. The van der Waals surface area contributed by atoms with Gasteiger partial charge >= 0.3 is 11.9 Å². The number of likely N-dealkylation sites (tertiary alicyclic amines) is 1. The van der Waals surface area contributed by atoms with Gasteiger partial charge in [0, 0.05) is 13.1 Å². The lowest BCUT2D eigenvalue weighted by Gasteiger charge is -2.27. The number of amides is 2. The summed E-state index contributed by atoms with van der Waals surface area (Å²) in [5.41, 5.74) is 16.1. The second-order valence-corrected chi connectivity index (χ2v) is 6.24. The molecule has 3 atom stereocenters. The predicted molar refractivity (Wildman–Crippen MR) is 94.4 cm³/mol. The van der Waals surface area contributed by atoms with Gasteiger partial charge in [-0.25, -0.2) is 4.79 Å². The molecule has 1 heterocycles. The number of rotatable bonds is 10. The Morgan fingerprint density at radius 2 is 1.89 bits per heavy atom. The van der Waals surface area contributed by atoms with Crippen LogP contribution < -0.4 is 22.5 Å². The lowest BCUT2D eigenvalue weighted by atomic mass is 10.1. The molecule has 12 heteroatoms. The zero-order valence-electron chi connectivity index (χ0n) is 14.8. The van der Waals surface area contributed by atoms with Crippen molar-refractivity contribution in [3.63, 3.8) is 0 Å². The zero-order chi connectivity index (χ0) is 20.6. The van der Waals surface area contributed by atoms with Gasteiger partial charge in [-0.05, 0) is 25.7 Å². The van der Waals surface area contributed by atoms with E-state index in [0.717, 1.165) is 4.90 Å². The molecule has 0 aromatic carbocycles. The summed E-state index contributed by atoms with van der Waals surface area (Å²) in [6.07, 6.45) is 0.725. The minimum absolute atomic E-state index is 0.0845. The number of carbonyl (C=O) groups excluding carboxylic acids is 2. The SMILES string of the molecule is NC(N)=NCCC[C@H](N)C(=O)N[C@@H](CC(=O)O)C(=O)N1CCC[C@@H]1C(=O)O. The van der Waals surface area contributed by atoms with Crippen molar-refractivity contribution in [1.82, 2.24) is 10.2 Å². The summed E-state index contributed by atoms with van der Waals surface area (Å²) in [5.74, 6) is -4.01. The molecule has 0 saturated carbocycles. The number of carboxylic acids is 2. The number of nitrogens with two attached hydrogens (primary N) is 3. The lowest BCUT2D eigenvalue weighted by Crippen LogP contribution is -2.55. The van der Waals surface area contributed by atoms with Crippen molar-refractivity contribution in [2.45, 2.75) is 50.2 Å². The second kappa shape index (κ2) is 10.3. The fraction of sp³-hybridized carbons (Fsp3) is 0.667. The fourth-order valence-corrected chi connectivity index (χ4v) is 2.79. The van der Waals surface area contributed by atoms with Crippen molar-refractivity contribution in [3.05, 3.63) is 0 Å². The molecule has 0 radical (unpaired) electrons. The van der Waals surface area contributed by atoms with Crippen molar-refractivity contribution < 1.29 is 29.4 Å². The number of nitrogens with one attached hydrogen (secondary N) is 1. The third-order valence-corrected chi connectivity index (χ3v) is 4.12. The standard InChI is InChI=1S/C15H26N6O6/c16-8(3-1-5-19-15(17)18)12(24)20-9(7-11(22)23)13(25)21-6-2-4-10(21)14(26)27/h8-10H,1-7,16H2,(H,20,24)(H,22,23)(H,26,27)(H4,17,18,19)/t8-,9-,10+/m0/s1. The van der Waals surface area contributed by atoms with Gasteiger partial charge in [0.2, 0.25) is 11.8 Å². The molecule has 1 fully saturated rings. The number of nitrogens with zero attached hydrogens (tertiary/aromatic N) is 2. The van der Waals surface area contributed by atoms with Gasteiger partial charge in [-0.1, -0.05) is 0 Å². The quantitative estimate of drug-likeness (QED) is 0.132. The Morgan fingerprint density at radius 1 is 1.22 bits per heavy atom. The monoisotopic (exact) mass is 386 g/mol. The third-order valence-electron chi connectivity index (χ3n) is 4.12. The number of guanidine groups is 1. The van der Waals surface area contributed by atoms with Crippen LogP contribution in [0.1, 0.15) is 32.1 Å². The molecule has 0 aliphatic carbocycles. The van der Waals surface area contributed by atoms with Crippen LogP contribution in [-0.2, 0) is 19.2 Å². The van der Waals surface area contributed by atoms with Crippen LogP contribution in [0.15, 0.2) is 4.99 Å². The van der Waals surface area contributed by atoms with Gasteiger partial charge in [0.25, 0.3) is 0 Å². The molecule has 1 saturated heterocycles. The van der Waals surface area contributed by atoms with E-state index in [2.05, 4.69) is 10.3 Å². The van der Waals surface area contributed by atoms with Crippen LogP contribution >= 0.6 is 0 Å². The summed E-state index contributed by atoms with van der Waals surface area (Å²) in [6, 6.07) is -3.41. The van der Waals surface area contributed by atoms with Gasteiger partial charge < -0.3 is 37.6 Å². The molecule has 9 N–H and O–H groups in total. The average molecular weight is 386 g/mol. The topological polar surface area (TPSA) is 214 Å². The van der Waals surface area contributed by atoms with Gasteiger partial charge in [-0.3, -0.25) is 19.4 Å². The number of hydrogen-bond acceptors (Lipinski definition) is 6. The van der Waals surface area contributed by atoms with Gasteiger partial charge in [-0.2, -0.15) is 0 Å². The van der Waals surface area contributed by atoms with Crippen molar-refractivity contribution in [1.29, 1.82) is 0 Å². The lowest BCUT2D eigenvalue weighted by molar-refractivity contribution is -0.150. The number of carboxylic acid groups (broad SMARTS) is 2. The number of aliphatic imine (C=N–C) groups is 1. The molecule has 1 aliphatic rings. The number of aliphatic carboxylic acids is 2. The molecule has 0 unspecified atom stereocenters. The first-order chi connectivity index (χ1) is 12.6. The maximum atomic E-state index is 12.6. The Hall–Kier alpha value is -2.89. The van der Waals surface area contributed by atoms with E-state index in [1.807, 2.05) is 0 Å². The minimum atomic E-state index is -1.39. The first kappa shape index (κ1) is 22.2. The molecular weight excluding hydrogens is 360 g/mol. The molecule has 27 heavy (non-hydrogen) atoms. The van der Waals surface area contributed by atoms with Crippen LogP contribution in [0.4, 0.5) is 0 Å². The van der Waals surface area contributed by atoms with Gasteiger partial charge in [0.15, 0.2) is 5.96 Å². The van der Waals surface area contributed by atoms with Crippen LogP contribution in [0.3, 0.4) is 0 Å². The van der Waals surface area contributed by atoms with Gasteiger partial charge in [0.1, 0.15) is 12.1 Å². The van der Waals surface area contributed by atoms with E-state index in [1.165, 1.54) is 0 Å². The summed E-state index contributed by atoms with van der Waals surface area (Å²) < 4.78 is 0. The summed E-state index contributed by atoms with van der Waals surface area (Å²) in [7, 11) is 0. The van der Waals surface area contributed by atoms with E-state index < -0.39 is 48.3 Å². The Kier molecular flexibility index (Phi) is 8.45. The molecule has 152 valence electrons. The Morgan fingerprint density at radius 3 is 2.44 bits per heavy atom. The molecule has 1 aliphatic heterocycles. The maximum Gasteiger partial charge on any atom is 0.326 e. The molecule has 0 aromatic rings. The van der Waals surface area contributed by atoms with Crippen molar-refractivity contribution in [2.24, 2.45) is 22.2 Å². The second-order valence-electron chi connectivity index (χ2n) is 6.24. The Balaban J connectivity index is 2.71. The first-order valence-electron chi connectivity index (χ1n) is 8.50. The predicted octanol–water partition coefficient (Wildman–Crippen LogP) is -2.60. The van der Waals surface area contributed by atoms with E-state index in [9.17, 15) is 24.3 Å². The Labute approximate surface area is 155 Å². The largest absolute Gasteiger partial charge is 0.481 e. The van der Waals surface area contributed by atoms with Crippen LogP contribution in [-0.4, -0.2) is 76.0 Å². The molecule has 0 spiro atoms. The van der Waals surface area contributed by atoms with Crippen LogP contribution in [0.25, 0.3) is 0 Å². The highest BCUT2D eigenvalue weighted by molar-refractivity contribution is 5.94. The first-order valence-corrected chi connectivity index (χ1v) is 8.50. The molecule has 2 amide bonds.